The molecular weight excluding hydrogens is 405 g/mol. The number of morpholine rings is 1. The van der Waals surface area contributed by atoms with Gasteiger partial charge in [0.1, 0.15) is 0 Å². The van der Waals surface area contributed by atoms with Crippen LogP contribution in [-0.2, 0) is 10.9 Å². The van der Waals surface area contributed by atoms with Crippen molar-refractivity contribution in [3.8, 4) is 11.3 Å². The molecule has 2 bridgehead atoms. The monoisotopic (exact) mass is 432 g/mol. The molecule has 2 saturated heterocycles. The Balaban J connectivity index is 1.23. The van der Waals surface area contributed by atoms with Crippen molar-refractivity contribution in [1.29, 1.82) is 0 Å². The van der Waals surface area contributed by atoms with Gasteiger partial charge in [-0.15, -0.1) is 0 Å². The van der Waals surface area contributed by atoms with Gasteiger partial charge in [-0.05, 0) is 57.1 Å². The number of ether oxygens (including phenoxy) is 1. The molecule has 0 N–H and O–H groups in total. The molecule has 2 aliphatic heterocycles. The van der Waals surface area contributed by atoms with Crippen LogP contribution in [-0.4, -0.2) is 51.0 Å². The second-order valence-electron chi connectivity index (χ2n) is 9.97. The van der Waals surface area contributed by atoms with Crippen molar-refractivity contribution in [2.45, 2.75) is 69.4 Å². The van der Waals surface area contributed by atoms with Crippen molar-refractivity contribution >= 4 is 0 Å². The van der Waals surface area contributed by atoms with Gasteiger partial charge in [-0.3, -0.25) is 14.6 Å². The third-order valence-corrected chi connectivity index (χ3v) is 7.79. The Bertz CT molecular complexity index is 991. The summed E-state index contributed by atoms with van der Waals surface area (Å²) in [6.45, 7) is 6.11. The minimum absolute atomic E-state index is 0.158. The van der Waals surface area contributed by atoms with E-state index < -0.39 is 11.7 Å². The van der Waals surface area contributed by atoms with Crippen molar-refractivity contribution in [3.05, 3.63) is 35.8 Å². The highest BCUT2D eigenvalue weighted by molar-refractivity contribution is 5.60. The fraction of sp³-hybridized carbons (Fsp3) is 0.652. The number of pyridine rings is 1. The molecule has 2 aliphatic carbocycles. The lowest BCUT2D eigenvalue weighted by atomic mass is 10.0. The van der Waals surface area contributed by atoms with E-state index in [1.165, 1.54) is 31.2 Å². The second-order valence-corrected chi connectivity index (χ2v) is 9.97. The van der Waals surface area contributed by atoms with E-state index in [2.05, 4.69) is 23.7 Å². The Morgan fingerprint density at radius 2 is 1.84 bits per heavy atom. The van der Waals surface area contributed by atoms with E-state index in [-0.39, 0.29) is 6.04 Å². The zero-order valence-electron chi connectivity index (χ0n) is 17.7. The first kappa shape index (κ1) is 19.7. The number of hydrogen-bond acceptors (Lipinski definition) is 4. The van der Waals surface area contributed by atoms with E-state index in [4.69, 9.17) is 9.84 Å². The third-order valence-electron chi connectivity index (χ3n) is 7.79. The van der Waals surface area contributed by atoms with E-state index >= 15 is 0 Å². The minimum atomic E-state index is -4.41. The van der Waals surface area contributed by atoms with Crippen LogP contribution in [0.15, 0.2) is 24.5 Å². The summed E-state index contributed by atoms with van der Waals surface area (Å²) < 4.78 is 47.2. The molecule has 6 atom stereocenters. The molecular formula is C23H27F3N4O. The average molecular weight is 432 g/mol. The number of alkyl halides is 3. The standard InChI is InChI=1S/C23H27F3N4O/c1-12(2)30-21(7-20(28-30)13-3-14(9-27-8-13)23(24,25)26)22-18-5-15(6-19(18)22)29-10-17-4-16(29)11-31-17/h3,7-9,12,15-19,22H,4-6,10-11H2,1-2H3/t15?,16-,17+,18-,19+,22?/m1/s1. The van der Waals surface area contributed by atoms with Crippen LogP contribution in [0.2, 0.25) is 0 Å². The molecule has 4 aliphatic rings. The number of hydrogen-bond donors (Lipinski definition) is 0. The van der Waals surface area contributed by atoms with Crippen LogP contribution in [0.5, 0.6) is 0 Å². The molecule has 5 nitrogen and oxygen atoms in total. The molecule has 8 heteroatoms. The van der Waals surface area contributed by atoms with Crippen LogP contribution in [0.3, 0.4) is 0 Å². The van der Waals surface area contributed by atoms with Crippen LogP contribution in [0.1, 0.15) is 56.3 Å². The summed E-state index contributed by atoms with van der Waals surface area (Å²) >= 11 is 0. The lowest BCUT2D eigenvalue weighted by molar-refractivity contribution is -0.137. The zero-order chi connectivity index (χ0) is 21.5. The van der Waals surface area contributed by atoms with Gasteiger partial charge >= 0.3 is 6.18 Å². The van der Waals surface area contributed by atoms with E-state index in [1.54, 1.807) is 0 Å². The van der Waals surface area contributed by atoms with Gasteiger partial charge in [0.15, 0.2) is 0 Å². The highest BCUT2D eigenvalue weighted by Gasteiger charge is 2.60. The van der Waals surface area contributed by atoms with Crippen molar-refractivity contribution in [3.63, 3.8) is 0 Å². The SMILES string of the molecule is CC(C)n1nc(-c2cncc(C(F)(F)F)c2)cc1C1[C@H]2CC(N3C[C@@H]4C[C@@H]3CO4)C[C@@H]12. The fourth-order valence-electron chi connectivity index (χ4n) is 6.35. The Labute approximate surface area is 179 Å². The molecule has 2 saturated carbocycles. The first-order chi connectivity index (χ1) is 14.8. The van der Waals surface area contributed by atoms with Crippen molar-refractivity contribution < 1.29 is 17.9 Å². The van der Waals surface area contributed by atoms with Crippen LogP contribution in [0.25, 0.3) is 11.3 Å². The first-order valence-corrected chi connectivity index (χ1v) is 11.3. The number of aromatic nitrogens is 3. The summed E-state index contributed by atoms with van der Waals surface area (Å²) in [5.74, 6) is 1.79. The zero-order valence-corrected chi connectivity index (χ0v) is 17.7. The van der Waals surface area contributed by atoms with Crippen LogP contribution in [0.4, 0.5) is 13.2 Å². The third kappa shape index (κ3) is 3.21. The molecule has 2 unspecified atom stereocenters. The van der Waals surface area contributed by atoms with Gasteiger partial charge in [-0.1, -0.05) is 0 Å². The lowest BCUT2D eigenvalue weighted by Gasteiger charge is -2.33. The molecule has 4 fully saturated rings. The predicted molar refractivity (Wildman–Crippen MR) is 108 cm³/mol. The summed E-state index contributed by atoms with van der Waals surface area (Å²) in [4.78, 5) is 6.49. The number of nitrogens with zero attached hydrogens (tertiary/aromatic N) is 4. The van der Waals surface area contributed by atoms with Crippen LogP contribution < -0.4 is 0 Å². The summed E-state index contributed by atoms with van der Waals surface area (Å²) in [5, 5.41) is 4.70. The molecule has 2 aromatic rings. The van der Waals surface area contributed by atoms with Gasteiger partial charge in [0.2, 0.25) is 0 Å². The molecule has 6 rings (SSSR count). The van der Waals surface area contributed by atoms with Crippen molar-refractivity contribution in [2.75, 3.05) is 13.2 Å². The normalized spacial score (nSPS) is 34.6. The summed E-state index contributed by atoms with van der Waals surface area (Å²) in [6.07, 6.45) is 1.97. The molecule has 166 valence electrons. The molecule has 0 spiro atoms. The van der Waals surface area contributed by atoms with Gasteiger partial charge in [-0.2, -0.15) is 18.3 Å². The Morgan fingerprint density at radius 1 is 1.06 bits per heavy atom. The first-order valence-electron chi connectivity index (χ1n) is 11.3. The van der Waals surface area contributed by atoms with Crippen molar-refractivity contribution in [2.24, 2.45) is 11.8 Å². The quantitative estimate of drug-likeness (QED) is 0.713. The lowest BCUT2D eigenvalue weighted by Crippen LogP contribution is -2.43. The molecule has 0 aromatic carbocycles. The van der Waals surface area contributed by atoms with Crippen LogP contribution >= 0.6 is 0 Å². The summed E-state index contributed by atoms with van der Waals surface area (Å²) in [7, 11) is 0. The van der Waals surface area contributed by atoms with E-state index in [9.17, 15) is 13.2 Å². The maximum atomic E-state index is 13.1. The Morgan fingerprint density at radius 3 is 2.45 bits per heavy atom. The maximum Gasteiger partial charge on any atom is 0.417 e. The van der Waals surface area contributed by atoms with E-state index in [1.807, 2.05) is 10.7 Å². The predicted octanol–water partition coefficient (Wildman–Crippen LogP) is 4.51. The fourth-order valence-corrected chi connectivity index (χ4v) is 6.35. The largest absolute Gasteiger partial charge is 0.417 e. The Hall–Kier alpha value is -1.93. The minimum Gasteiger partial charge on any atom is -0.375 e. The van der Waals surface area contributed by atoms with Crippen molar-refractivity contribution in [1.82, 2.24) is 19.7 Å². The Kier molecular flexibility index (Phi) is 4.32. The summed E-state index contributed by atoms with van der Waals surface area (Å²) in [6, 6.07) is 4.57. The topological polar surface area (TPSA) is 43.2 Å². The van der Waals surface area contributed by atoms with Gasteiger partial charge < -0.3 is 4.74 Å². The highest BCUT2D eigenvalue weighted by atomic mass is 19.4. The van der Waals surface area contributed by atoms with Crippen LogP contribution in [0, 0.1) is 11.8 Å². The maximum absolute atomic E-state index is 13.1. The molecule has 0 radical (unpaired) electrons. The number of likely N-dealkylation sites (tertiary alicyclic amines) is 1. The number of fused-ring (bicyclic) bond motifs is 3. The van der Waals surface area contributed by atoms with Gasteiger partial charge in [0, 0.05) is 54.2 Å². The number of halogens is 3. The highest BCUT2D eigenvalue weighted by Crippen LogP contribution is 2.64. The van der Waals surface area contributed by atoms with Gasteiger partial charge in [0.25, 0.3) is 0 Å². The molecule has 2 aromatic heterocycles. The van der Waals surface area contributed by atoms with Gasteiger partial charge in [0.05, 0.1) is 24.0 Å². The van der Waals surface area contributed by atoms with Gasteiger partial charge in [-0.25, -0.2) is 0 Å². The molecule has 0 amide bonds. The summed E-state index contributed by atoms with van der Waals surface area (Å²) in [5.41, 5.74) is 1.44. The average Bonchev–Trinajstić information content (AvgIpc) is 3.31. The molecule has 31 heavy (non-hydrogen) atoms. The second kappa shape index (κ2) is 6.78. The van der Waals surface area contributed by atoms with E-state index in [0.717, 1.165) is 25.4 Å². The smallest absolute Gasteiger partial charge is 0.375 e. The molecule has 4 heterocycles. The number of rotatable bonds is 4. The van der Waals surface area contributed by atoms with E-state index in [0.29, 0.717) is 47.2 Å².